The first kappa shape index (κ1) is 30.4. The van der Waals surface area contributed by atoms with Gasteiger partial charge in [-0.3, -0.25) is 4.79 Å². The van der Waals surface area contributed by atoms with Crippen molar-refractivity contribution in [2.75, 3.05) is 19.8 Å². The van der Waals surface area contributed by atoms with Crippen LogP contribution in [0.25, 0.3) is 0 Å². The van der Waals surface area contributed by atoms with Crippen LogP contribution in [0.3, 0.4) is 0 Å². The molecule has 0 bridgehead atoms. The first-order valence-corrected chi connectivity index (χ1v) is 11.6. The summed E-state index contributed by atoms with van der Waals surface area (Å²) in [6.45, 7) is -1.21. The number of nitrogens with one attached hydrogen (secondary N) is 1. The third kappa shape index (κ3) is 6.38. The molecule has 3 heterocycles. The number of hydrogen-bond donors (Lipinski definition) is 11. The summed E-state index contributed by atoms with van der Waals surface area (Å²) >= 11 is 0. The Morgan fingerprint density at radius 1 is 0.649 bits per heavy atom. The van der Waals surface area contributed by atoms with Crippen molar-refractivity contribution in [3.8, 4) is 0 Å². The summed E-state index contributed by atoms with van der Waals surface area (Å²) in [6, 6.07) is -1.38. The average molecular weight is 545 g/mol. The van der Waals surface area contributed by atoms with Gasteiger partial charge in [0.2, 0.25) is 5.91 Å². The molecule has 3 aliphatic rings. The maximum Gasteiger partial charge on any atom is 0.217 e. The number of carbonyl (C=O) groups is 1. The zero-order chi connectivity index (χ0) is 27.6. The summed E-state index contributed by atoms with van der Waals surface area (Å²) in [7, 11) is 0. The van der Waals surface area contributed by atoms with E-state index in [1.54, 1.807) is 0 Å². The Labute approximate surface area is 210 Å². The van der Waals surface area contributed by atoms with E-state index in [2.05, 4.69) is 5.32 Å². The maximum atomic E-state index is 11.4. The van der Waals surface area contributed by atoms with E-state index in [1.165, 1.54) is 0 Å². The predicted molar refractivity (Wildman–Crippen MR) is 113 cm³/mol. The molecule has 11 N–H and O–H groups in total. The Balaban J connectivity index is 1.74. The van der Waals surface area contributed by atoms with E-state index in [-0.39, 0.29) is 0 Å². The van der Waals surface area contributed by atoms with Crippen LogP contribution >= 0.6 is 0 Å². The molecule has 0 aromatic rings. The molecule has 0 radical (unpaired) electrons. The summed E-state index contributed by atoms with van der Waals surface area (Å²) in [5, 5.41) is 103. The second-order valence-corrected chi connectivity index (χ2v) is 9.07. The van der Waals surface area contributed by atoms with Crippen LogP contribution in [0.4, 0.5) is 0 Å². The first-order valence-electron chi connectivity index (χ1n) is 11.6. The van der Waals surface area contributed by atoms with E-state index in [4.69, 9.17) is 23.7 Å². The van der Waals surface area contributed by atoms with Gasteiger partial charge in [0.25, 0.3) is 0 Å². The Kier molecular flexibility index (Phi) is 10.5. The summed E-state index contributed by atoms with van der Waals surface area (Å²) < 4.78 is 26.9. The Morgan fingerprint density at radius 3 is 1.62 bits per heavy atom. The number of aliphatic hydroxyl groups excluding tert-OH is 10. The highest BCUT2D eigenvalue weighted by molar-refractivity contribution is 5.73. The SMILES string of the molecule is CC(=O)NC1C(O)OC(CO)C(OC2OC(CO)C(OC3OC(CO)C(O)C(O)C3O)C(O)C2O)C1O. The van der Waals surface area contributed by atoms with Crippen LogP contribution < -0.4 is 5.32 Å². The fourth-order valence-corrected chi connectivity index (χ4v) is 4.46. The Morgan fingerprint density at radius 2 is 1.11 bits per heavy atom. The van der Waals surface area contributed by atoms with Gasteiger partial charge in [-0.1, -0.05) is 0 Å². The molecule has 15 atom stereocenters. The topological polar surface area (TPSA) is 278 Å². The lowest BCUT2D eigenvalue weighted by Gasteiger charge is -2.48. The molecule has 0 spiro atoms. The smallest absolute Gasteiger partial charge is 0.217 e. The highest BCUT2D eigenvalue weighted by atomic mass is 16.7. The summed E-state index contributed by atoms with van der Waals surface area (Å²) in [4.78, 5) is 11.4. The molecule has 3 saturated heterocycles. The van der Waals surface area contributed by atoms with Crippen molar-refractivity contribution in [3.05, 3.63) is 0 Å². The monoisotopic (exact) mass is 545 g/mol. The number of amides is 1. The number of rotatable bonds is 8. The molecule has 216 valence electrons. The quantitative estimate of drug-likeness (QED) is 0.135. The predicted octanol–water partition coefficient (Wildman–Crippen LogP) is -7.43. The van der Waals surface area contributed by atoms with Crippen LogP contribution in [0.5, 0.6) is 0 Å². The van der Waals surface area contributed by atoms with E-state index in [0.717, 1.165) is 6.92 Å². The van der Waals surface area contributed by atoms with Crippen molar-refractivity contribution in [2.24, 2.45) is 0 Å². The van der Waals surface area contributed by atoms with E-state index in [0.29, 0.717) is 0 Å². The van der Waals surface area contributed by atoms with Gasteiger partial charge >= 0.3 is 0 Å². The third-order valence-electron chi connectivity index (χ3n) is 6.49. The fraction of sp³-hybridized carbons (Fsp3) is 0.950. The lowest BCUT2D eigenvalue weighted by atomic mass is 9.95. The standard InChI is InChI=1S/C20H35NO16/c1-5(25)21-9-11(27)16(7(3-23)33-18(9)32)36-20-15(31)13(29)17(8(4-24)35-20)37-19-14(30)12(28)10(26)6(2-22)34-19/h6-20,22-24,26-32H,2-4H2,1H3,(H,21,25). The molecule has 0 aliphatic carbocycles. The van der Waals surface area contributed by atoms with Gasteiger partial charge in [0.1, 0.15) is 73.2 Å². The molecule has 3 fully saturated rings. The minimum absolute atomic E-state index is 0.620. The maximum absolute atomic E-state index is 11.4. The molecule has 0 aromatic heterocycles. The summed E-state index contributed by atoms with van der Waals surface area (Å²) in [5.74, 6) is -0.620. The first-order chi connectivity index (χ1) is 17.4. The van der Waals surface area contributed by atoms with Crippen LogP contribution in [0.15, 0.2) is 0 Å². The molecular weight excluding hydrogens is 510 g/mol. The number of aliphatic hydroxyl groups is 10. The lowest BCUT2D eigenvalue weighted by molar-refractivity contribution is -0.373. The normalized spacial score (nSPS) is 49.0. The number of carbonyl (C=O) groups excluding carboxylic acids is 1. The van der Waals surface area contributed by atoms with Gasteiger partial charge < -0.3 is 80.1 Å². The molecule has 3 rings (SSSR count). The van der Waals surface area contributed by atoms with Crippen LogP contribution in [-0.4, -0.2) is 169 Å². The second-order valence-electron chi connectivity index (χ2n) is 9.07. The third-order valence-corrected chi connectivity index (χ3v) is 6.49. The molecule has 37 heavy (non-hydrogen) atoms. The van der Waals surface area contributed by atoms with Gasteiger partial charge in [-0.25, -0.2) is 0 Å². The molecule has 17 nitrogen and oxygen atoms in total. The molecule has 3 aliphatic heterocycles. The summed E-state index contributed by atoms with van der Waals surface area (Å²) in [6.07, 6.45) is -23.2. The van der Waals surface area contributed by atoms with E-state index < -0.39 is 118 Å². The minimum Gasteiger partial charge on any atom is -0.394 e. The van der Waals surface area contributed by atoms with Crippen LogP contribution in [0, 0.1) is 0 Å². The molecule has 15 unspecified atom stereocenters. The van der Waals surface area contributed by atoms with E-state index >= 15 is 0 Å². The van der Waals surface area contributed by atoms with Crippen molar-refractivity contribution < 1.29 is 79.5 Å². The van der Waals surface area contributed by atoms with Gasteiger partial charge in [0, 0.05) is 6.92 Å². The average Bonchev–Trinajstić information content (AvgIpc) is 2.87. The van der Waals surface area contributed by atoms with E-state index in [1.807, 2.05) is 0 Å². The summed E-state index contributed by atoms with van der Waals surface area (Å²) in [5.41, 5.74) is 0. The van der Waals surface area contributed by atoms with Crippen molar-refractivity contribution in [2.45, 2.75) is 99.0 Å². The van der Waals surface area contributed by atoms with Gasteiger partial charge in [-0.15, -0.1) is 0 Å². The molecule has 0 aromatic carbocycles. The Bertz CT molecular complexity index is 743. The van der Waals surface area contributed by atoms with Crippen LogP contribution in [-0.2, 0) is 28.5 Å². The molecule has 17 heteroatoms. The lowest BCUT2D eigenvalue weighted by Crippen LogP contribution is -2.68. The minimum atomic E-state index is -1.92. The van der Waals surface area contributed by atoms with Crippen LogP contribution in [0.2, 0.25) is 0 Å². The van der Waals surface area contributed by atoms with E-state index in [9.17, 15) is 55.9 Å². The molecular formula is C20H35NO16. The van der Waals surface area contributed by atoms with Gasteiger partial charge in [-0.2, -0.15) is 0 Å². The zero-order valence-electron chi connectivity index (χ0n) is 19.7. The van der Waals surface area contributed by atoms with Crippen molar-refractivity contribution >= 4 is 5.91 Å². The Hall–Kier alpha value is -1.13. The molecule has 0 saturated carbocycles. The zero-order valence-corrected chi connectivity index (χ0v) is 19.7. The highest BCUT2D eigenvalue weighted by Gasteiger charge is 2.53. The van der Waals surface area contributed by atoms with Crippen molar-refractivity contribution in [1.82, 2.24) is 5.32 Å². The highest BCUT2D eigenvalue weighted by Crippen LogP contribution is 2.32. The number of ether oxygens (including phenoxy) is 5. The van der Waals surface area contributed by atoms with Gasteiger partial charge in [0.15, 0.2) is 18.9 Å². The largest absolute Gasteiger partial charge is 0.394 e. The van der Waals surface area contributed by atoms with Gasteiger partial charge in [0.05, 0.1) is 19.8 Å². The van der Waals surface area contributed by atoms with Crippen molar-refractivity contribution in [1.29, 1.82) is 0 Å². The van der Waals surface area contributed by atoms with Crippen LogP contribution in [0.1, 0.15) is 6.92 Å². The number of hydrogen-bond acceptors (Lipinski definition) is 16. The fourth-order valence-electron chi connectivity index (χ4n) is 4.46. The van der Waals surface area contributed by atoms with Crippen molar-refractivity contribution in [3.63, 3.8) is 0 Å². The second kappa shape index (κ2) is 12.8. The van der Waals surface area contributed by atoms with Gasteiger partial charge in [-0.05, 0) is 0 Å². The molecule has 1 amide bonds.